The van der Waals surface area contributed by atoms with E-state index < -0.39 is 42.4 Å². The van der Waals surface area contributed by atoms with Crippen LogP contribution in [0.1, 0.15) is 43.0 Å². The Kier molecular flexibility index (Phi) is 3.24. The third-order valence-corrected chi connectivity index (χ3v) is 4.38. The highest BCUT2D eigenvalue weighted by Gasteiger charge is 2.59. The molecule has 0 unspecified atom stereocenters. The number of nitrogens with zero attached hydrogens (tertiary/aromatic N) is 3. The number of ether oxygens (including phenoxy) is 4. The molecule has 23 heavy (non-hydrogen) atoms. The molecule has 0 aromatic carbocycles. The van der Waals surface area contributed by atoms with Gasteiger partial charge in [-0.1, -0.05) is 5.21 Å². The van der Waals surface area contributed by atoms with E-state index in [1.54, 1.807) is 25.5 Å². The standard InChI is InChI=1S/C14H19N3O6/c1-4-20-12(19)8-6-5-7(18)10-9(17(6)16-15-8)11-13(21-10)23-14(2,3)22-11/h7,9-11,13,18H,4-5H2,1-3H3/t7-,9+,10+,11-,13-/m1/s1. The van der Waals surface area contributed by atoms with Gasteiger partial charge in [-0.2, -0.15) is 0 Å². The molecular weight excluding hydrogens is 306 g/mol. The highest BCUT2D eigenvalue weighted by atomic mass is 16.8. The molecule has 9 heteroatoms. The first kappa shape index (κ1) is 15.0. The summed E-state index contributed by atoms with van der Waals surface area (Å²) in [7, 11) is 0. The second-order valence-electron chi connectivity index (χ2n) is 6.38. The summed E-state index contributed by atoms with van der Waals surface area (Å²) in [6, 6.07) is -0.392. The maximum atomic E-state index is 12.0. The fourth-order valence-corrected chi connectivity index (χ4v) is 3.53. The number of esters is 1. The molecule has 1 N–H and O–H groups in total. The Morgan fingerprint density at radius 2 is 2.22 bits per heavy atom. The average Bonchev–Trinajstić information content (AvgIpc) is 3.09. The van der Waals surface area contributed by atoms with Gasteiger partial charge in [-0.3, -0.25) is 0 Å². The van der Waals surface area contributed by atoms with Crippen LogP contribution in [0.5, 0.6) is 0 Å². The minimum absolute atomic E-state index is 0.131. The van der Waals surface area contributed by atoms with Gasteiger partial charge >= 0.3 is 5.97 Å². The highest BCUT2D eigenvalue weighted by molar-refractivity contribution is 5.88. The van der Waals surface area contributed by atoms with E-state index in [9.17, 15) is 9.90 Å². The van der Waals surface area contributed by atoms with E-state index in [-0.39, 0.29) is 18.7 Å². The largest absolute Gasteiger partial charge is 0.461 e. The van der Waals surface area contributed by atoms with Crippen molar-refractivity contribution in [3.05, 3.63) is 11.4 Å². The van der Waals surface area contributed by atoms with Gasteiger partial charge in [0.15, 0.2) is 17.8 Å². The average molecular weight is 325 g/mol. The molecular formula is C14H19N3O6. The zero-order valence-electron chi connectivity index (χ0n) is 13.1. The minimum atomic E-state index is -0.792. The van der Waals surface area contributed by atoms with Crippen LogP contribution in [0.25, 0.3) is 0 Å². The Hall–Kier alpha value is -1.55. The Morgan fingerprint density at radius 3 is 2.96 bits per heavy atom. The van der Waals surface area contributed by atoms with Gasteiger partial charge in [0.1, 0.15) is 18.2 Å². The molecule has 0 amide bonds. The Labute approximate surface area is 132 Å². The topological polar surface area (TPSA) is 105 Å². The van der Waals surface area contributed by atoms with Gasteiger partial charge in [0.25, 0.3) is 0 Å². The van der Waals surface area contributed by atoms with Crippen LogP contribution in [0.15, 0.2) is 0 Å². The third-order valence-electron chi connectivity index (χ3n) is 4.38. The molecule has 9 nitrogen and oxygen atoms in total. The lowest BCUT2D eigenvalue weighted by atomic mass is 9.94. The predicted octanol–water partition coefficient (Wildman–Crippen LogP) is -0.211. The summed E-state index contributed by atoms with van der Waals surface area (Å²) in [5.41, 5.74) is 0.667. The fraction of sp³-hybridized carbons (Fsp3) is 0.786. The van der Waals surface area contributed by atoms with Gasteiger partial charge in [-0.25, -0.2) is 9.48 Å². The molecule has 3 aliphatic rings. The van der Waals surface area contributed by atoms with E-state index >= 15 is 0 Å². The van der Waals surface area contributed by atoms with Crippen LogP contribution < -0.4 is 0 Å². The zero-order valence-corrected chi connectivity index (χ0v) is 13.1. The van der Waals surface area contributed by atoms with Gasteiger partial charge in [0.05, 0.1) is 18.4 Å². The van der Waals surface area contributed by atoms with Crippen LogP contribution in [-0.2, 0) is 25.4 Å². The van der Waals surface area contributed by atoms with Crippen molar-refractivity contribution >= 4 is 5.97 Å². The van der Waals surface area contributed by atoms with Crippen LogP contribution in [0.2, 0.25) is 0 Å². The molecule has 2 saturated heterocycles. The highest BCUT2D eigenvalue weighted by Crippen LogP contribution is 2.46. The number of aliphatic hydroxyl groups excluding tert-OH is 1. The molecule has 0 saturated carbocycles. The summed E-state index contributed by atoms with van der Waals surface area (Å²) in [5, 5.41) is 18.4. The van der Waals surface area contributed by atoms with Gasteiger partial charge < -0.3 is 24.1 Å². The van der Waals surface area contributed by atoms with Gasteiger partial charge in [-0.15, -0.1) is 5.10 Å². The van der Waals surface area contributed by atoms with Crippen molar-refractivity contribution in [2.24, 2.45) is 0 Å². The van der Waals surface area contributed by atoms with E-state index in [0.29, 0.717) is 5.69 Å². The summed E-state index contributed by atoms with van der Waals surface area (Å²) >= 11 is 0. The van der Waals surface area contributed by atoms with Gasteiger partial charge in [0, 0.05) is 6.42 Å². The first-order chi connectivity index (χ1) is 10.9. The van der Waals surface area contributed by atoms with Crippen molar-refractivity contribution in [3.63, 3.8) is 0 Å². The monoisotopic (exact) mass is 325 g/mol. The lowest BCUT2D eigenvalue weighted by Crippen LogP contribution is -2.44. The second-order valence-corrected chi connectivity index (χ2v) is 6.38. The quantitative estimate of drug-likeness (QED) is 0.745. The van der Waals surface area contributed by atoms with Crippen molar-refractivity contribution in [3.8, 4) is 0 Å². The summed E-state index contributed by atoms with van der Waals surface area (Å²) in [6.45, 7) is 5.57. The molecule has 4 rings (SSSR count). The van der Waals surface area contributed by atoms with Crippen LogP contribution in [0.4, 0.5) is 0 Å². The SMILES string of the molecule is CCOC(=O)c1nnn2c1C[C@@H](O)[C@@H]1O[C@@H]3OC(C)(C)O[C@@H]3[C@H]12. The predicted molar refractivity (Wildman–Crippen MR) is 73.4 cm³/mol. The lowest BCUT2D eigenvalue weighted by molar-refractivity contribution is -0.221. The number of aliphatic hydroxyl groups is 1. The number of carbonyl (C=O) groups excluding carboxylic acids is 1. The molecule has 0 spiro atoms. The maximum Gasteiger partial charge on any atom is 0.360 e. The smallest absolute Gasteiger partial charge is 0.360 e. The summed E-state index contributed by atoms with van der Waals surface area (Å²) < 4.78 is 24.0. The number of fused-ring (bicyclic) bond motifs is 5. The summed E-state index contributed by atoms with van der Waals surface area (Å²) in [5.74, 6) is -1.31. The summed E-state index contributed by atoms with van der Waals surface area (Å²) in [6.07, 6.45) is -2.08. The van der Waals surface area contributed by atoms with E-state index in [0.717, 1.165) is 0 Å². The van der Waals surface area contributed by atoms with Crippen LogP contribution in [0, 0.1) is 0 Å². The minimum Gasteiger partial charge on any atom is -0.461 e. The molecule has 2 fully saturated rings. The fourth-order valence-electron chi connectivity index (χ4n) is 3.53. The molecule has 126 valence electrons. The van der Waals surface area contributed by atoms with E-state index in [2.05, 4.69) is 10.3 Å². The van der Waals surface area contributed by atoms with E-state index in [1.165, 1.54) is 0 Å². The molecule has 1 aromatic rings. The summed E-state index contributed by atoms with van der Waals surface area (Å²) in [4.78, 5) is 12.0. The Bertz CT molecular complexity index is 644. The second kappa shape index (κ2) is 4.97. The maximum absolute atomic E-state index is 12.0. The number of carbonyl (C=O) groups is 1. The normalized spacial score (nSPS) is 37.1. The number of aromatic nitrogens is 3. The molecule has 0 aliphatic carbocycles. The first-order valence-corrected chi connectivity index (χ1v) is 7.71. The molecule has 1 aromatic heterocycles. The van der Waals surface area contributed by atoms with E-state index in [4.69, 9.17) is 18.9 Å². The molecule has 5 atom stereocenters. The third kappa shape index (κ3) is 2.18. The van der Waals surface area contributed by atoms with E-state index in [1.807, 2.05) is 0 Å². The van der Waals surface area contributed by atoms with Gasteiger partial charge in [-0.05, 0) is 20.8 Å². The van der Waals surface area contributed by atoms with Crippen molar-refractivity contribution in [1.82, 2.24) is 15.0 Å². The zero-order chi connectivity index (χ0) is 16.4. The first-order valence-electron chi connectivity index (χ1n) is 7.71. The van der Waals surface area contributed by atoms with Crippen LogP contribution in [0.3, 0.4) is 0 Å². The van der Waals surface area contributed by atoms with Crippen molar-refractivity contribution in [1.29, 1.82) is 0 Å². The molecule has 0 radical (unpaired) electrons. The Balaban J connectivity index is 1.71. The number of hydrogen-bond donors (Lipinski definition) is 1. The van der Waals surface area contributed by atoms with Crippen molar-refractivity contribution < 1.29 is 28.8 Å². The molecule has 0 bridgehead atoms. The van der Waals surface area contributed by atoms with Crippen LogP contribution in [-0.4, -0.2) is 63.1 Å². The lowest BCUT2D eigenvalue weighted by Gasteiger charge is -2.33. The molecule has 3 aliphatic heterocycles. The number of hydrogen-bond acceptors (Lipinski definition) is 8. The van der Waals surface area contributed by atoms with Crippen molar-refractivity contribution in [2.75, 3.05) is 6.61 Å². The number of rotatable bonds is 2. The molecule has 4 heterocycles. The Morgan fingerprint density at radius 1 is 1.43 bits per heavy atom. The van der Waals surface area contributed by atoms with Crippen LogP contribution >= 0.6 is 0 Å². The van der Waals surface area contributed by atoms with Crippen molar-refractivity contribution in [2.45, 2.75) is 63.6 Å². The van der Waals surface area contributed by atoms with Gasteiger partial charge in [0.2, 0.25) is 0 Å².